The van der Waals surface area contributed by atoms with Crippen LogP contribution in [-0.2, 0) is 0 Å². The van der Waals surface area contributed by atoms with Crippen molar-refractivity contribution in [3.63, 3.8) is 0 Å². The second-order valence-corrected chi connectivity index (χ2v) is 2.79. The van der Waals surface area contributed by atoms with Crippen LogP contribution in [0.15, 0.2) is 24.4 Å². The fourth-order valence-electron chi connectivity index (χ4n) is 0.897. The molecule has 0 aromatic carbocycles. The van der Waals surface area contributed by atoms with Gasteiger partial charge in [0.05, 0.1) is 0 Å². The first-order valence-corrected chi connectivity index (χ1v) is 3.94. The molecule has 2 rings (SSSR count). The Morgan fingerprint density at radius 1 is 1.23 bits per heavy atom. The highest BCUT2D eigenvalue weighted by Gasteiger charge is 1.99. The summed E-state index contributed by atoms with van der Waals surface area (Å²) in [5, 5.41) is 11.8. The number of rotatable bonds is 1. The van der Waals surface area contributed by atoms with Crippen LogP contribution in [0.2, 0.25) is 5.15 Å². The Kier molecular flexibility index (Phi) is 1.86. The summed E-state index contributed by atoms with van der Waals surface area (Å²) in [7, 11) is 0. The molecule has 13 heavy (non-hydrogen) atoms. The second kappa shape index (κ2) is 3.02. The monoisotopic (exact) mass is 195 g/mol. The number of halogens is 1. The fourth-order valence-corrected chi connectivity index (χ4v) is 0.998. The van der Waals surface area contributed by atoms with Crippen molar-refractivity contribution in [2.24, 2.45) is 0 Å². The fraction of sp³-hybridized carbons (Fsp3) is 0. The van der Waals surface area contributed by atoms with Crippen molar-refractivity contribution in [2.45, 2.75) is 0 Å². The summed E-state index contributed by atoms with van der Waals surface area (Å²) in [6.07, 6.45) is 1.70. The van der Waals surface area contributed by atoms with Crippen LogP contribution in [0.25, 0.3) is 5.82 Å². The van der Waals surface area contributed by atoms with Gasteiger partial charge in [0.25, 0.3) is 0 Å². The van der Waals surface area contributed by atoms with Crippen molar-refractivity contribution < 1.29 is 0 Å². The van der Waals surface area contributed by atoms with Crippen LogP contribution in [-0.4, -0.2) is 20.0 Å². The van der Waals surface area contributed by atoms with E-state index < -0.39 is 0 Å². The van der Waals surface area contributed by atoms with E-state index in [0.29, 0.717) is 16.8 Å². The highest BCUT2D eigenvalue weighted by Crippen LogP contribution is 2.07. The number of nitrogen functional groups attached to an aromatic ring is 1. The lowest BCUT2D eigenvalue weighted by atomic mass is 10.5. The molecule has 0 amide bonds. The van der Waals surface area contributed by atoms with Crippen LogP contribution >= 0.6 is 11.6 Å². The predicted molar refractivity (Wildman–Crippen MR) is 48.6 cm³/mol. The summed E-state index contributed by atoms with van der Waals surface area (Å²) in [5.41, 5.74) is 5.44. The van der Waals surface area contributed by atoms with Gasteiger partial charge >= 0.3 is 0 Å². The zero-order valence-corrected chi connectivity index (χ0v) is 7.31. The normalized spacial score (nSPS) is 10.2. The van der Waals surface area contributed by atoms with Gasteiger partial charge in [0.2, 0.25) is 0 Å². The molecule has 0 saturated carbocycles. The number of nitrogens with two attached hydrogens (primary N) is 1. The van der Waals surface area contributed by atoms with Gasteiger partial charge in [-0.25, -0.2) is 4.68 Å². The van der Waals surface area contributed by atoms with Gasteiger partial charge in [-0.15, -0.1) is 15.3 Å². The molecule has 5 nitrogen and oxygen atoms in total. The number of nitrogens with zero attached hydrogens (tertiary/aromatic N) is 4. The van der Waals surface area contributed by atoms with E-state index in [9.17, 15) is 0 Å². The van der Waals surface area contributed by atoms with Crippen LogP contribution in [0, 0.1) is 0 Å². The van der Waals surface area contributed by atoms with Crippen molar-refractivity contribution in [3.8, 4) is 5.82 Å². The Bertz CT molecular complexity index is 407. The number of hydrogen-bond acceptors (Lipinski definition) is 4. The maximum Gasteiger partial charge on any atom is 0.175 e. The van der Waals surface area contributed by atoms with Crippen molar-refractivity contribution in [2.75, 3.05) is 5.73 Å². The third-order valence-corrected chi connectivity index (χ3v) is 1.66. The minimum Gasteiger partial charge on any atom is -0.382 e. The molecular formula is C7H6ClN5. The lowest BCUT2D eigenvalue weighted by Crippen LogP contribution is -2.00. The van der Waals surface area contributed by atoms with E-state index in [0.717, 1.165) is 0 Å². The largest absolute Gasteiger partial charge is 0.382 e. The highest BCUT2D eigenvalue weighted by molar-refractivity contribution is 6.29. The maximum atomic E-state index is 5.58. The van der Waals surface area contributed by atoms with Crippen molar-refractivity contribution in [1.82, 2.24) is 20.0 Å². The molecule has 66 valence electrons. The molecule has 2 aromatic heterocycles. The van der Waals surface area contributed by atoms with E-state index in [4.69, 9.17) is 17.3 Å². The van der Waals surface area contributed by atoms with E-state index >= 15 is 0 Å². The van der Waals surface area contributed by atoms with Crippen LogP contribution in [0.4, 0.5) is 5.82 Å². The van der Waals surface area contributed by atoms with E-state index in [2.05, 4.69) is 15.3 Å². The summed E-state index contributed by atoms with van der Waals surface area (Å²) in [6.45, 7) is 0. The Balaban J connectivity index is 2.41. The van der Waals surface area contributed by atoms with Gasteiger partial charge in [-0.1, -0.05) is 11.6 Å². The van der Waals surface area contributed by atoms with E-state index in [1.165, 1.54) is 4.68 Å². The molecule has 0 aliphatic heterocycles. The predicted octanol–water partition coefficient (Wildman–Crippen LogP) is 0.898. The minimum absolute atomic E-state index is 0.351. The van der Waals surface area contributed by atoms with Crippen molar-refractivity contribution >= 4 is 17.4 Å². The molecule has 6 heteroatoms. The van der Waals surface area contributed by atoms with E-state index in [1.807, 2.05) is 0 Å². The van der Waals surface area contributed by atoms with Crippen LogP contribution < -0.4 is 5.73 Å². The third-order valence-electron chi connectivity index (χ3n) is 1.46. The summed E-state index contributed by atoms with van der Waals surface area (Å²) in [6, 6.07) is 5.03. The summed E-state index contributed by atoms with van der Waals surface area (Å²) in [4.78, 5) is 0. The lowest BCUT2D eigenvalue weighted by Gasteiger charge is -1.97. The molecule has 2 heterocycles. The average molecular weight is 196 g/mol. The molecule has 0 fully saturated rings. The summed E-state index contributed by atoms with van der Waals surface area (Å²) < 4.78 is 1.53. The zero-order valence-electron chi connectivity index (χ0n) is 6.55. The quantitative estimate of drug-likeness (QED) is 0.734. The molecule has 2 N–H and O–H groups in total. The first-order chi connectivity index (χ1) is 6.25. The van der Waals surface area contributed by atoms with Crippen molar-refractivity contribution in [1.29, 1.82) is 0 Å². The minimum atomic E-state index is 0.351. The first kappa shape index (κ1) is 8.00. The molecule has 0 radical (unpaired) electrons. The average Bonchev–Trinajstić information content (AvgIpc) is 2.53. The highest BCUT2D eigenvalue weighted by atomic mass is 35.5. The zero-order chi connectivity index (χ0) is 9.26. The molecule has 0 aliphatic rings. The van der Waals surface area contributed by atoms with Gasteiger partial charge in [0.15, 0.2) is 11.0 Å². The molecule has 0 aliphatic carbocycles. The Morgan fingerprint density at radius 2 is 2.08 bits per heavy atom. The van der Waals surface area contributed by atoms with Crippen molar-refractivity contribution in [3.05, 3.63) is 29.5 Å². The molecule has 0 bridgehead atoms. The molecular weight excluding hydrogens is 190 g/mol. The van der Waals surface area contributed by atoms with Gasteiger partial charge in [-0.2, -0.15) is 0 Å². The van der Waals surface area contributed by atoms with E-state index in [-0.39, 0.29) is 0 Å². The number of anilines is 1. The number of aromatic nitrogens is 4. The van der Waals surface area contributed by atoms with Crippen LogP contribution in [0.1, 0.15) is 0 Å². The standard InChI is InChI=1S/C7H6ClN5/c8-5-1-2-7(11-10-5)13-4-3-6(9)12-13/h1-4H,(H2,9,12). The van der Waals surface area contributed by atoms with Crippen LogP contribution in [0.3, 0.4) is 0 Å². The lowest BCUT2D eigenvalue weighted by molar-refractivity contribution is 0.818. The maximum absolute atomic E-state index is 5.58. The Labute approximate surface area is 79.1 Å². The Morgan fingerprint density at radius 3 is 2.62 bits per heavy atom. The van der Waals surface area contributed by atoms with Gasteiger partial charge < -0.3 is 5.73 Å². The van der Waals surface area contributed by atoms with Gasteiger partial charge in [-0.3, -0.25) is 0 Å². The number of hydrogen-bond donors (Lipinski definition) is 1. The molecule has 0 atom stereocenters. The molecule has 0 saturated heterocycles. The van der Waals surface area contributed by atoms with Crippen LogP contribution in [0.5, 0.6) is 0 Å². The first-order valence-electron chi connectivity index (χ1n) is 3.56. The van der Waals surface area contributed by atoms with Gasteiger partial charge in [0, 0.05) is 12.3 Å². The SMILES string of the molecule is Nc1ccn(-c2ccc(Cl)nn2)n1. The van der Waals surface area contributed by atoms with Gasteiger partial charge in [-0.05, 0) is 12.1 Å². The molecule has 0 spiro atoms. The van der Waals surface area contributed by atoms with Gasteiger partial charge in [0.1, 0.15) is 5.82 Å². The summed E-state index contributed by atoms with van der Waals surface area (Å²) in [5.74, 6) is 1.03. The molecule has 0 unspecified atom stereocenters. The van der Waals surface area contributed by atoms with E-state index in [1.54, 1.807) is 24.4 Å². The second-order valence-electron chi connectivity index (χ2n) is 2.40. The molecule has 2 aromatic rings. The Hall–Kier alpha value is -1.62. The third kappa shape index (κ3) is 1.59. The topological polar surface area (TPSA) is 69.6 Å². The summed E-state index contributed by atoms with van der Waals surface area (Å²) >= 11 is 5.58. The smallest absolute Gasteiger partial charge is 0.175 e.